The third-order valence-corrected chi connectivity index (χ3v) is 4.38. The number of aliphatic hydroxyl groups is 1. The normalized spacial score (nSPS) is 20.8. The second kappa shape index (κ2) is 9.80. The van der Waals surface area contributed by atoms with Crippen LogP contribution in [-0.2, 0) is 4.74 Å². The summed E-state index contributed by atoms with van der Waals surface area (Å²) in [6, 6.07) is 0. The summed E-state index contributed by atoms with van der Waals surface area (Å²) in [7, 11) is 0. The molecular formula is C16H32O2. The van der Waals surface area contributed by atoms with Gasteiger partial charge in [-0.15, -0.1) is 0 Å². The first kappa shape index (κ1) is 16.0. The minimum atomic E-state index is -0.228. The van der Waals surface area contributed by atoms with Crippen LogP contribution in [0.2, 0.25) is 0 Å². The molecule has 0 bridgehead atoms. The summed E-state index contributed by atoms with van der Waals surface area (Å²) >= 11 is 0. The minimum Gasteiger partial charge on any atom is -0.390 e. The first-order chi connectivity index (χ1) is 8.77. The lowest BCUT2D eigenvalue weighted by atomic mass is 9.85. The molecule has 1 rings (SSSR count). The van der Waals surface area contributed by atoms with Gasteiger partial charge in [0.1, 0.15) is 0 Å². The van der Waals surface area contributed by atoms with E-state index in [0.717, 1.165) is 6.61 Å². The highest BCUT2D eigenvalue weighted by Gasteiger charge is 2.21. The van der Waals surface area contributed by atoms with Crippen molar-refractivity contribution in [1.82, 2.24) is 0 Å². The largest absolute Gasteiger partial charge is 0.390 e. The zero-order valence-corrected chi connectivity index (χ0v) is 12.4. The molecule has 0 amide bonds. The molecule has 2 unspecified atom stereocenters. The van der Waals surface area contributed by atoms with Crippen molar-refractivity contribution in [3.8, 4) is 0 Å². The molecule has 0 aromatic heterocycles. The summed E-state index contributed by atoms with van der Waals surface area (Å²) < 4.78 is 5.75. The van der Waals surface area contributed by atoms with Crippen LogP contribution < -0.4 is 0 Å². The van der Waals surface area contributed by atoms with Crippen LogP contribution in [0.4, 0.5) is 0 Å². The van der Waals surface area contributed by atoms with Gasteiger partial charge in [0.25, 0.3) is 0 Å². The second-order valence-corrected chi connectivity index (χ2v) is 5.92. The predicted octanol–water partition coefficient (Wildman–Crippen LogP) is 4.16. The zero-order chi connectivity index (χ0) is 13.2. The van der Waals surface area contributed by atoms with E-state index in [4.69, 9.17) is 4.74 Å². The summed E-state index contributed by atoms with van der Waals surface area (Å²) in [5.41, 5.74) is 0. The van der Waals surface area contributed by atoms with Gasteiger partial charge in [-0.2, -0.15) is 0 Å². The van der Waals surface area contributed by atoms with Gasteiger partial charge >= 0.3 is 0 Å². The lowest BCUT2D eigenvalue weighted by molar-refractivity contribution is -0.0162. The van der Waals surface area contributed by atoms with E-state index in [-0.39, 0.29) is 6.10 Å². The Balaban J connectivity index is 2.10. The van der Waals surface area contributed by atoms with E-state index in [9.17, 15) is 5.11 Å². The zero-order valence-electron chi connectivity index (χ0n) is 12.4. The van der Waals surface area contributed by atoms with E-state index in [1.54, 1.807) is 0 Å². The molecule has 1 fully saturated rings. The maximum Gasteiger partial charge on any atom is 0.0801 e. The van der Waals surface area contributed by atoms with Crippen LogP contribution in [0, 0.1) is 11.8 Å². The number of rotatable bonds is 9. The molecule has 0 aromatic carbocycles. The van der Waals surface area contributed by atoms with Gasteiger partial charge in [-0.3, -0.25) is 0 Å². The van der Waals surface area contributed by atoms with Crippen LogP contribution in [0.15, 0.2) is 0 Å². The molecule has 1 aliphatic rings. The average molecular weight is 256 g/mol. The van der Waals surface area contributed by atoms with E-state index < -0.39 is 0 Å². The molecule has 2 nitrogen and oxygen atoms in total. The molecule has 1 aliphatic carbocycles. The third-order valence-electron chi connectivity index (χ3n) is 4.38. The monoisotopic (exact) mass is 256 g/mol. The van der Waals surface area contributed by atoms with Crippen molar-refractivity contribution in [2.24, 2.45) is 11.8 Å². The highest BCUT2D eigenvalue weighted by molar-refractivity contribution is 4.73. The van der Waals surface area contributed by atoms with E-state index in [2.05, 4.69) is 13.8 Å². The van der Waals surface area contributed by atoms with Crippen LogP contribution >= 0.6 is 0 Å². The van der Waals surface area contributed by atoms with Crippen molar-refractivity contribution >= 4 is 0 Å². The average Bonchev–Trinajstić information content (AvgIpc) is 2.43. The second-order valence-electron chi connectivity index (χ2n) is 5.92. The molecule has 1 N–H and O–H groups in total. The van der Waals surface area contributed by atoms with Crippen molar-refractivity contribution in [3.05, 3.63) is 0 Å². The fraction of sp³-hybridized carbons (Fsp3) is 1.00. The van der Waals surface area contributed by atoms with Gasteiger partial charge in [-0.1, -0.05) is 52.4 Å². The molecule has 2 heteroatoms. The standard InChI is InChI=1S/C16H32O2/c1-3-5-9-14(4-2)12-18-13-16(17)15-10-7-6-8-11-15/h14-17H,3-13H2,1-2H3. The fourth-order valence-electron chi connectivity index (χ4n) is 2.91. The quantitative estimate of drug-likeness (QED) is 0.671. The Morgan fingerprint density at radius 1 is 1.11 bits per heavy atom. The lowest BCUT2D eigenvalue weighted by Crippen LogP contribution is -2.28. The van der Waals surface area contributed by atoms with Gasteiger partial charge in [0, 0.05) is 6.61 Å². The third kappa shape index (κ3) is 6.19. The predicted molar refractivity (Wildman–Crippen MR) is 76.7 cm³/mol. The summed E-state index contributed by atoms with van der Waals surface area (Å²) in [5.74, 6) is 1.18. The summed E-state index contributed by atoms with van der Waals surface area (Å²) in [4.78, 5) is 0. The number of ether oxygens (including phenoxy) is 1. The maximum absolute atomic E-state index is 10.1. The Bertz CT molecular complexity index is 188. The van der Waals surface area contributed by atoms with E-state index in [1.807, 2.05) is 0 Å². The fourth-order valence-corrected chi connectivity index (χ4v) is 2.91. The summed E-state index contributed by atoms with van der Waals surface area (Å²) in [6.07, 6.45) is 11.1. The first-order valence-corrected chi connectivity index (χ1v) is 8.03. The molecule has 0 radical (unpaired) electrons. The minimum absolute atomic E-state index is 0.228. The topological polar surface area (TPSA) is 29.5 Å². The van der Waals surface area contributed by atoms with Crippen molar-refractivity contribution in [3.63, 3.8) is 0 Å². The SMILES string of the molecule is CCCCC(CC)COCC(O)C1CCCCC1. The van der Waals surface area contributed by atoms with Crippen LogP contribution in [0.3, 0.4) is 0 Å². The van der Waals surface area contributed by atoms with E-state index >= 15 is 0 Å². The van der Waals surface area contributed by atoms with E-state index in [1.165, 1.54) is 57.8 Å². The van der Waals surface area contributed by atoms with Crippen molar-refractivity contribution in [2.75, 3.05) is 13.2 Å². The van der Waals surface area contributed by atoms with Gasteiger partial charge < -0.3 is 9.84 Å². The molecule has 0 spiro atoms. The number of aliphatic hydroxyl groups excluding tert-OH is 1. The van der Waals surface area contributed by atoms with Gasteiger partial charge in [0.05, 0.1) is 12.7 Å². The van der Waals surface area contributed by atoms with Crippen LogP contribution in [0.5, 0.6) is 0 Å². The number of hydrogen-bond acceptors (Lipinski definition) is 2. The smallest absolute Gasteiger partial charge is 0.0801 e. The van der Waals surface area contributed by atoms with E-state index in [0.29, 0.717) is 18.4 Å². The van der Waals surface area contributed by atoms with Crippen molar-refractivity contribution in [2.45, 2.75) is 77.7 Å². The molecule has 0 aromatic rings. The summed E-state index contributed by atoms with van der Waals surface area (Å²) in [5, 5.41) is 10.1. The molecule has 0 saturated heterocycles. The molecule has 0 heterocycles. The highest BCUT2D eigenvalue weighted by atomic mass is 16.5. The highest BCUT2D eigenvalue weighted by Crippen LogP contribution is 2.26. The van der Waals surface area contributed by atoms with Crippen molar-refractivity contribution in [1.29, 1.82) is 0 Å². The Hall–Kier alpha value is -0.0800. The molecule has 2 atom stereocenters. The van der Waals surface area contributed by atoms with Crippen molar-refractivity contribution < 1.29 is 9.84 Å². The van der Waals surface area contributed by atoms with Gasteiger partial charge in [-0.05, 0) is 31.1 Å². The molecule has 1 saturated carbocycles. The molecule has 0 aliphatic heterocycles. The molecular weight excluding hydrogens is 224 g/mol. The van der Waals surface area contributed by atoms with Gasteiger partial charge in [0.2, 0.25) is 0 Å². The Kier molecular flexibility index (Phi) is 8.70. The van der Waals surface area contributed by atoms with Gasteiger partial charge in [-0.25, -0.2) is 0 Å². The Morgan fingerprint density at radius 2 is 1.83 bits per heavy atom. The number of unbranched alkanes of at least 4 members (excludes halogenated alkanes) is 1. The van der Waals surface area contributed by atoms with Crippen LogP contribution in [0.25, 0.3) is 0 Å². The lowest BCUT2D eigenvalue weighted by Gasteiger charge is -2.27. The summed E-state index contributed by atoms with van der Waals surface area (Å²) in [6.45, 7) is 5.86. The molecule has 18 heavy (non-hydrogen) atoms. The molecule has 108 valence electrons. The van der Waals surface area contributed by atoms with Gasteiger partial charge in [0.15, 0.2) is 0 Å². The van der Waals surface area contributed by atoms with Crippen LogP contribution in [-0.4, -0.2) is 24.4 Å². The first-order valence-electron chi connectivity index (χ1n) is 8.03. The Morgan fingerprint density at radius 3 is 2.44 bits per heavy atom. The number of hydrogen-bond donors (Lipinski definition) is 1. The maximum atomic E-state index is 10.1. The Labute approximate surface area is 113 Å². The van der Waals surface area contributed by atoms with Crippen LogP contribution in [0.1, 0.15) is 71.6 Å².